The van der Waals surface area contributed by atoms with E-state index in [4.69, 9.17) is 16.0 Å². The van der Waals surface area contributed by atoms with Crippen molar-refractivity contribution in [3.05, 3.63) is 57.5 Å². The first-order valence-corrected chi connectivity index (χ1v) is 9.39. The van der Waals surface area contributed by atoms with Gasteiger partial charge in [-0.3, -0.25) is 14.9 Å². The fourth-order valence-corrected chi connectivity index (χ4v) is 4.51. The first-order chi connectivity index (χ1) is 12.3. The molecule has 138 valence electrons. The van der Waals surface area contributed by atoms with Crippen LogP contribution >= 0.6 is 11.6 Å². The second kappa shape index (κ2) is 7.06. The Labute approximate surface area is 153 Å². The zero-order chi connectivity index (χ0) is 18.9. The van der Waals surface area contributed by atoms with Crippen LogP contribution in [0, 0.1) is 10.1 Å². The standard InChI is InChI=1S/C15H14ClN3O6S/c16-11-3-4-12(19(21)22)14(10-11)26(23,24)18-7-5-17(6-8-18)15(20)13-2-1-9-25-13/h1-4,9-10H,5-8H2. The van der Waals surface area contributed by atoms with E-state index in [1.165, 1.54) is 23.3 Å². The normalized spacial score (nSPS) is 15.8. The molecule has 3 rings (SSSR count). The zero-order valence-electron chi connectivity index (χ0n) is 13.4. The monoisotopic (exact) mass is 399 g/mol. The number of hydrogen-bond acceptors (Lipinski definition) is 6. The number of nitro groups is 1. The van der Waals surface area contributed by atoms with E-state index in [9.17, 15) is 23.3 Å². The Balaban J connectivity index is 1.80. The van der Waals surface area contributed by atoms with Gasteiger partial charge in [0.15, 0.2) is 10.7 Å². The summed E-state index contributed by atoms with van der Waals surface area (Å²) in [5.41, 5.74) is -0.538. The molecule has 26 heavy (non-hydrogen) atoms. The number of hydrogen-bond donors (Lipinski definition) is 0. The minimum absolute atomic E-state index is 0.0124. The molecule has 1 fully saturated rings. The molecule has 1 saturated heterocycles. The van der Waals surface area contributed by atoms with Gasteiger partial charge in [0.05, 0.1) is 11.2 Å². The van der Waals surface area contributed by atoms with Crippen LogP contribution in [0.1, 0.15) is 10.6 Å². The smallest absolute Gasteiger partial charge is 0.289 e. The Hall–Kier alpha value is -2.43. The number of carbonyl (C=O) groups excluding carboxylic acids is 1. The lowest BCUT2D eigenvalue weighted by molar-refractivity contribution is -0.387. The molecule has 2 aromatic rings. The summed E-state index contributed by atoms with van der Waals surface area (Å²) in [6.07, 6.45) is 1.38. The number of nitrogens with zero attached hydrogens (tertiary/aromatic N) is 3. The molecule has 1 amide bonds. The number of nitro benzene ring substituents is 1. The molecule has 0 N–H and O–H groups in total. The van der Waals surface area contributed by atoms with Crippen LogP contribution in [0.2, 0.25) is 5.02 Å². The van der Waals surface area contributed by atoms with Crippen LogP contribution in [-0.2, 0) is 10.0 Å². The van der Waals surface area contributed by atoms with Gasteiger partial charge in [-0.25, -0.2) is 8.42 Å². The van der Waals surface area contributed by atoms with Gasteiger partial charge in [-0.05, 0) is 24.3 Å². The van der Waals surface area contributed by atoms with Gasteiger partial charge in [-0.15, -0.1) is 0 Å². The van der Waals surface area contributed by atoms with Crippen molar-refractivity contribution in [3.8, 4) is 0 Å². The highest BCUT2D eigenvalue weighted by molar-refractivity contribution is 7.89. The number of furan rings is 1. The lowest BCUT2D eigenvalue weighted by Crippen LogP contribution is -2.50. The second-order valence-corrected chi connectivity index (χ2v) is 7.89. The summed E-state index contributed by atoms with van der Waals surface area (Å²) in [6.45, 7) is 0.317. The quantitative estimate of drug-likeness (QED) is 0.573. The van der Waals surface area contributed by atoms with Gasteiger partial charge < -0.3 is 9.32 Å². The molecule has 11 heteroatoms. The summed E-state index contributed by atoms with van der Waals surface area (Å²) < 4.78 is 31.8. The predicted molar refractivity (Wildman–Crippen MR) is 91.5 cm³/mol. The van der Waals surface area contributed by atoms with Crippen molar-refractivity contribution in [1.29, 1.82) is 0 Å². The minimum Gasteiger partial charge on any atom is -0.459 e. The van der Waals surface area contributed by atoms with Crippen LogP contribution in [0.3, 0.4) is 0 Å². The van der Waals surface area contributed by atoms with E-state index in [2.05, 4.69) is 0 Å². The molecule has 0 bridgehead atoms. The van der Waals surface area contributed by atoms with Crippen LogP contribution in [0.25, 0.3) is 0 Å². The Morgan fingerprint density at radius 3 is 2.46 bits per heavy atom. The predicted octanol–water partition coefficient (Wildman–Crippen LogP) is 1.99. The van der Waals surface area contributed by atoms with Gasteiger partial charge in [-0.1, -0.05) is 11.6 Å². The molecular formula is C15H14ClN3O6S. The third kappa shape index (κ3) is 3.43. The SMILES string of the molecule is O=C(c1ccco1)N1CCN(S(=O)(=O)c2cc(Cl)ccc2[N+](=O)[O-])CC1. The van der Waals surface area contributed by atoms with Crippen molar-refractivity contribution in [1.82, 2.24) is 9.21 Å². The van der Waals surface area contributed by atoms with Crippen molar-refractivity contribution in [3.63, 3.8) is 0 Å². The topological polar surface area (TPSA) is 114 Å². The highest BCUT2D eigenvalue weighted by Crippen LogP contribution is 2.30. The molecule has 0 saturated carbocycles. The number of piperazine rings is 1. The molecular weight excluding hydrogens is 386 g/mol. The lowest BCUT2D eigenvalue weighted by Gasteiger charge is -2.33. The molecule has 0 spiro atoms. The maximum Gasteiger partial charge on any atom is 0.289 e. The second-order valence-electron chi connectivity index (χ2n) is 5.54. The van der Waals surface area contributed by atoms with E-state index in [1.807, 2.05) is 0 Å². The summed E-state index contributed by atoms with van der Waals surface area (Å²) in [6, 6.07) is 6.51. The van der Waals surface area contributed by atoms with E-state index < -0.39 is 25.5 Å². The average molecular weight is 400 g/mol. The average Bonchev–Trinajstić information content (AvgIpc) is 3.15. The molecule has 0 aliphatic carbocycles. The van der Waals surface area contributed by atoms with Crippen molar-refractivity contribution < 1.29 is 22.6 Å². The number of rotatable bonds is 4. The third-order valence-electron chi connectivity index (χ3n) is 3.99. The van der Waals surface area contributed by atoms with Crippen LogP contribution in [-0.4, -0.2) is 54.6 Å². The summed E-state index contributed by atoms with van der Waals surface area (Å²) in [7, 11) is -4.12. The Morgan fingerprint density at radius 1 is 1.19 bits per heavy atom. The van der Waals surface area contributed by atoms with Crippen LogP contribution < -0.4 is 0 Å². The fraction of sp³-hybridized carbons (Fsp3) is 0.267. The van der Waals surface area contributed by atoms with Gasteiger partial charge >= 0.3 is 0 Å². The maximum atomic E-state index is 12.8. The Bertz CT molecular complexity index is 936. The third-order valence-corrected chi connectivity index (χ3v) is 6.16. The molecule has 9 nitrogen and oxygen atoms in total. The Morgan fingerprint density at radius 2 is 1.88 bits per heavy atom. The van der Waals surface area contributed by atoms with Crippen molar-refractivity contribution in [2.45, 2.75) is 4.90 Å². The first kappa shape index (κ1) is 18.4. The molecule has 1 aliphatic rings. The van der Waals surface area contributed by atoms with Gasteiger partial charge in [0.1, 0.15) is 0 Å². The molecule has 0 radical (unpaired) electrons. The molecule has 0 unspecified atom stereocenters. The first-order valence-electron chi connectivity index (χ1n) is 7.57. The van der Waals surface area contributed by atoms with E-state index in [-0.39, 0.29) is 42.9 Å². The number of sulfonamides is 1. The van der Waals surface area contributed by atoms with Crippen LogP contribution in [0.4, 0.5) is 5.69 Å². The highest BCUT2D eigenvalue weighted by Gasteiger charge is 2.35. The largest absolute Gasteiger partial charge is 0.459 e. The van der Waals surface area contributed by atoms with Crippen molar-refractivity contribution in [2.24, 2.45) is 0 Å². The number of halogens is 1. The van der Waals surface area contributed by atoms with Crippen LogP contribution in [0.15, 0.2) is 45.9 Å². The van der Waals surface area contributed by atoms with Gasteiger partial charge in [0, 0.05) is 37.3 Å². The number of benzene rings is 1. The van der Waals surface area contributed by atoms with Gasteiger partial charge in [0.2, 0.25) is 10.0 Å². The highest BCUT2D eigenvalue weighted by atomic mass is 35.5. The molecule has 2 heterocycles. The summed E-state index contributed by atoms with van der Waals surface area (Å²) in [5.74, 6) is -0.160. The van der Waals surface area contributed by atoms with Crippen LogP contribution in [0.5, 0.6) is 0 Å². The molecule has 0 atom stereocenters. The number of amides is 1. The van der Waals surface area contributed by atoms with Crippen molar-refractivity contribution >= 4 is 33.2 Å². The van der Waals surface area contributed by atoms with E-state index in [1.54, 1.807) is 6.07 Å². The van der Waals surface area contributed by atoms with E-state index >= 15 is 0 Å². The van der Waals surface area contributed by atoms with Gasteiger partial charge in [0.25, 0.3) is 11.6 Å². The number of carbonyl (C=O) groups is 1. The fourth-order valence-electron chi connectivity index (χ4n) is 2.67. The summed E-state index contributed by atoms with van der Waals surface area (Å²) in [5, 5.41) is 11.2. The lowest BCUT2D eigenvalue weighted by atomic mass is 10.3. The Kier molecular flexibility index (Phi) is 4.99. The molecule has 1 aliphatic heterocycles. The summed E-state index contributed by atoms with van der Waals surface area (Å²) >= 11 is 5.82. The molecule has 1 aromatic heterocycles. The summed E-state index contributed by atoms with van der Waals surface area (Å²) in [4.78, 5) is 23.6. The van der Waals surface area contributed by atoms with Gasteiger partial charge in [-0.2, -0.15) is 4.31 Å². The minimum atomic E-state index is -4.12. The maximum absolute atomic E-state index is 12.8. The van der Waals surface area contributed by atoms with Crippen molar-refractivity contribution in [2.75, 3.05) is 26.2 Å². The van der Waals surface area contributed by atoms with E-state index in [0.29, 0.717) is 0 Å². The zero-order valence-corrected chi connectivity index (χ0v) is 14.9. The molecule has 1 aromatic carbocycles. The van der Waals surface area contributed by atoms with E-state index in [0.717, 1.165) is 16.4 Å².